The molecule has 12 heavy (non-hydrogen) atoms. The zero-order valence-electron chi connectivity index (χ0n) is 8.27. The Labute approximate surface area is 75.5 Å². The first-order valence-electron chi connectivity index (χ1n) is 4.99. The molecule has 0 heterocycles. The molecule has 0 radical (unpaired) electrons. The van der Waals surface area contributed by atoms with Gasteiger partial charge in [-0.25, -0.2) is 0 Å². The maximum Gasteiger partial charge on any atom is 0.0854 e. The van der Waals surface area contributed by atoms with Crippen molar-refractivity contribution < 1.29 is 5.11 Å². The van der Waals surface area contributed by atoms with Gasteiger partial charge < -0.3 is 5.11 Å². The van der Waals surface area contributed by atoms with Crippen molar-refractivity contribution >= 4 is 0 Å². The van der Waals surface area contributed by atoms with Crippen molar-refractivity contribution in [3.8, 4) is 0 Å². The zero-order chi connectivity index (χ0) is 9.19. The van der Waals surface area contributed by atoms with Crippen LogP contribution in [0.25, 0.3) is 0 Å². The molecule has 1 aliphatic carbocycles. The Morgan fingerprint density at radius 2 is 2.17 bits per heavy atom. The van der Waals surface area contributed by atoms with E-state index in [2.05, 4.69) is 20.4 Å². The summed E-state index contributed by atoms with van der Waals surface area (Å²) < 4.78 is 0. The molecule has 0 spiro atoms. The number of rotatable bonds is 4. The lowest BCUT2D eigenvalue weighted by atomic mass is 9.73. The van der Waals surface area contributed by atoms with Gasteiger partial charge in [0.2, 0.25) is 0 Å². The van der Waals surface area contributed by atoms with Gasteiger partial charge in [0.25, 0.3) is 0 Å². The van der Waals surface area contributed by atoms with E-state index in [0.29, 0.717) is 5.92 Å². The first-order valence-corrected chi connectivity index (χ1v) is 4.99. The van der Waals surface area contributed by atoms with Crippen molar-refractivity contribution in [2.45, 2.75) is 51.6 Å². The van der Waals surface area contributed by atoms with Crippen molar-refractivity contribution in [1.29, 1.82) is 0 Å². The summed E-state index contributed by atoms with van der Waals surface area (Å²) in [6, 6.07) is 0. The molecular weight excluding hydrogens is 148 g/mol. The van der Waals surface area contributed by atoms with E-state index in [4.69, 9.17) is 0 Å². The van der Waals surface area contributed by atoms with Crippen LogP contribution < -0.4 is 0 Å². The highest BCUT2D eigenvalue weighted by molar-refractivity contribution is 5.16. The van der Waals surface area contributed by atoms with Crippen LogP contribution in [0.4, 0.5) is 0 Å². The molecular formula is C11H20O. The van der Waals surface area contributed by atoms with E-state index in [0.717, 1.165) is 31.3 Å². The van der Waals surface area contributed by atoms with E-state index in [9.17, 15) is 5.11 Å². The van der Waals surface area contributed by atoms with E-state index in [1.807, 2.05) is 0 Å². The maximum absolute atomic E-state index is 9.92. The molecule has 0 aromatic heterocycles. The topological polar surface area (TPSA) is 20.2 Å². The van der Waals surface area contributed by atoms with Gasteiger partial charge in [-0.2, -0.15) is 0 Å². The van der Waals surface area contributed by atoms with Crippen molar-refractivity contribution in [2.75, 3.05) is 0 Å². The molecule has 70 valence electrons. The van der Waals surface area contributed by atoms with Crippen LogP contribution in [0.5, 0.6) is 0 Å². The molecule has 1 aliphatic rings. The van der Waals surface area contributed by atoms with Gasteiger partial charge in [0.15, 0.2) is 0 Å². The van der Waals surface area contributed by atoms with Crippen LogP contribution >= 0.6 is 0 Å². The predicted molar refractivity (Wildman–Crippen MR) is 52.0 cm³/mol. The van der Waals surface area contributed by atoms with Gasteiger partial charge in [-0.1, -0.05) is 26.8 Å². The summed E-state index contributed by atoms with van der Waals surface area (Å²) in [5, 5.41) is 9.92. The van der Waals surface area contributed by atoms with Crippen LogP contribution in [-0.4, -0.2) is 10.7 Å². The molecule has 0 bridgehead atoms. The summed E-state index contributed by atoms with van der Waals surface area (Å²) in [5.74, 6) is 0.669. The highest BCUT2D eigenvalue weighted by Gasteiger charge is 2.36. The summed E-state index contributed by atoms with van der Waals surface area (Å²) in [6.07, 6.45) is 5.20. The molecule has 0 aromatic carbocycles. The first-order chi connectivity index (χ1) is 5.58. The Bertz CT molecular complexity index is 168. The predicted octanol–water partition coefficient (Wildman–Crippen LogP) is 2.89. The fourth-order valence-corrected chi connectivity index (χ4v) is 1.62. The van der Waals surface area contributed by atoms with Crippen molar-refractivity contribution in [3.05, 3.63) is 12.2 Å². The fourth-order valence-electron chi connectivity index (χ4n) is 1.62. The second kappa shape index (κ2) is 3.61. The van der Waals surface area contributed by atoms with Crippen LogP contribution in [0, 0.1) is 5.92 Å². The van der Waals surface area contributed by atoms with Crippen LogP contribution in [0.15, 0.2) is 12.2 Å². The molecule has 1 atom stereocenters. The molecule has 1 unspecified atom stereocenters. The third-order valence-electron chi connectivity index (χ3n) is 3.13. The summed E-state index contributed by atoms with van der Waals surface area (Å²) in [6.45, 7) is 8.39. The quantitative estimate of drug-likeness (QED) is 0.640. The van der Waals surface area contributed by atoms with Crippen LogP contribution in [0.1, 0.15) is 46.0 Å². The largest absolute Gasteiger partial charge is 0.386 e. The molecule has 1 fully saturated rings. The SMILES string of the molecule is C=C(CC(C)CC)C1(O)CCC1. The molecule has 0 amide bonds. The van der Waals surface area contributed by atoms with Gasteiger partial charge in [0.1, 0.15) is 0 Å². The highest BCUT2D eigenvalue weighted by Crippen LogP contribution is 2.39. The summed E-state index contributed by atoms with van der Waals surface area (Å²) in [5.41, 5.74) is 0.576. The Morgan fingerprint density at radius 1 is 1.58 bits per heavy atom. The second-order valence-corrected chi connectivity index (χ2v) is 4.21. The van der Waals surface area contributed by atoms with Gasteiger partial charge >= 0.3 is 0 Å². The third kappa shape index (κ3) is 1.89. The molecule has 1 heteroatoms. The van der Waals surface area contributed by atoms with E-state index < -0.39 is 5.60 Å². The molecule has 0 saturated heterocycles. The molecule has 1 saturated carbocycles. The van der Waals surface area contributed by atoms with Crippen molar-refractivity contribution in [1.82, 2.24) is 0 Å². The van der Waals surface area contributed by atoms with Crippen molar-refractivity contribution in [2.24, 2.45) is 5.92 Å². The first kappa shape index (κ1) is 9.79. The van der Waals surface area contributed by atoms with Gasteiger partial charge in [-0.05, 0) is 37.2 Å². The third-order valence-corrected chi connectivity index (χ3v) is 3.13. The molecule has 1 N–H and O–H groups in total. The van der Waals surface area contributed by atoms with E-state index in [1.54, 1.807) is 0 Å². The van der Waals surface area contributed by atoms with Gasteiger partial charge in [0, 0.05) is 0 Å². The van der Waals surface area contributed by atoms with Crippen LogP contribution in [0.2, 0.25) is 0 Å². The van der Waals surface area contributed by atoms with Gasteiger partial charge in [0.05, 0.1) is 5.60 Å². The minimum Gasteiger partial charge on any atom is -0.386 e. The summed E-state index contributed by atoms with van der Waals surface area (Å²) in [7, 11) is 0. The molecule has 1 nitrogen and oxygen atoms in total. The van der Waals surface area contributed by atoms with E-state index in [-0.39, 0.29) is 0 Å². The normalized spacial score (nSPS) is 22.9. The molecule has 1 rings (SSSR count). The Morgan fingerprint density at radius 3 is 2.50 bits per heavy atom. The monoisotopic (exact) mass is 168 g/mol. The van der Waals surface area contributed by atoms with E-state index in [1.165, 1.54) is 6.42 Å². The summed E-state index contributed by atoms with van der Waals surface area (Å²) in [4.78, 5) is 0. The zero-order valence-corrected chi connectivity index (χ0v) is 8.27. The number of aliphatic hydroxyl groups is 1. The smallest absolute Gasteiger partial charge is 0.0854 e. The van der Waals surface area contributed by atoms with Gasteiger partial charge in [-0.3, -0.25) is 0 Å². The minimum atomic E-state index is -0.483. The number of hydrogen-bond donors (Lipinski definition) is 1. The molecule has 0 aliphatic heterocycles. The van der Waals surface area contributed by atoms with Gasteiger partial charge in [-0.15, -0.1) is 0 Å². The lowest BCUT2D eigenvalue weighted by molar-refractivity contribution is -0.00146. The Hall–Kier alpha value is -0.300. The second-order valence-electron chi connectivity index (χ2n) is 4.21. The summed E-state index contributed by atoms with van der Waals surface area (Å²) >= 11 is 0. The van der Waals surface area contributed by atoms with Crippen molar-refractivity contribution in [3.63, 3.8) is 0 Å². The van der Waals surface area contributed by atoms with Crippen LogP contribution in [0.3, 0.4) is 0 Å². The standard InChI is InChI=1S/C11H20O/c1-4-9(2)8-10(3)11(12)6-5-7-11/h9,12H,3-8H2,1-2H3. The average molecular weight is 168 g/mol. The lowest BCUT2D eigenvalue weighted by Crippen LogP contribution is -2.38. The van der Waals surface area contributed by atoms with Crippen LogP contribution in [-0.2, 0) is 0 Å². The van der Waals surface area contributed by atoms with E-state index >= 15 is 0 Å². The number of hydrogen-bond acceptors (Lipinski definition) is 1. The highest BCUT2D eigenvalue weighted by atomic mass is 16.3. The fraction of sp³-hybridized carbons (Fsp3) is 0.818. The maximum atomic E-state index is 9.92. The average Bonchev–Trinajstić information content (AvgIpc) is 1.99. The Kier molecular flexibility index (Phi) is 2.94. The Balaban J connectivity index is 2.37. The lowest BCUT2D eigenvalue weighted by Gasteiger charge is -2.39. The molecule has 0 aromatic rings. The minimum absolute atomic E-state index is 0.483.